The molecule has 0 saturated carbocycles. The van der Waals surface area contributed by atoms with E-state index < -0.39 is 0 Å². The van der Waals surface area contributed by atoms with Crippen LogP contribution in [0, 0.1) is 5.92 Å². The van der Waals surface area contributed by atoms with E-state index in [0.29, 0.717) is 6.54 Å². The van der Waals surface area contributed by atoms with Crippen molar-refractivity contribution >= 4 is 17.2 Å². The lowest BCUT2D eigenvalue weighted by Crippen LogP contribution is -2.33. The Kier molecular flexibility index (Phi) is 4.44. The summed E-state index contributed by atoms with van der Waals surface area (Å²) in [5.41, 5.74) is 3.22. The van der Waals surface area contributed by atoms with Crippen molar-refractivity contribution < 1.29 is 14.3 Å². The molecule has 1 amide bonds. The zero-order valence-corrected chi connectivity index (χ0v) is 16.0. The molecular weight excluding hydrogens is 374 g/mol. The number of rotatable bonds is 4. The number of fused-ring (bicyclic) bond motifs is 2. The molecule has 1 atom stereocenters. The third kappa shape index (κ3) is 3.33. The summed E-state index contributed by atoms with van der Waals surface area (Å²) in [7, 11) is 0. The van der Waals surface area contributed by atoms with Crippen molar-refractivity contribution in [3.8, 4) is 22.1 Å². The molecule has 2 aromatic heterocycles. The molecule has 1 unspecified atom stereocenters. The number of pyridine rings is 1. The predicted octanol–water partition coefficient (Wildman–Crippen LogP) is 3.36. The first-order valence-corrected chi connectivity index (χ1v) is 10.1. The lowest BCUT2D eigenvalue weighted by atomic mass is 9.90. The summed E-state index contributed by atoms with van der Waals surface area (Å²) >= 11 is 1.69. The molecule has 1 aliphatic heterocycles. The number of thiazole rings is 1. The smallest absolute Gasteiger partial charge is 0.231 e. The van der Waals surface area contributed by atoms with Crippen LogP contribution in [0.15, 0.2) is 42.7 Å². The maximum Gasteiger partial charge on any atom is 0.231 e. The van der Waals surface area contributed by atoms with Gasteiger partial charge in [0.1, 0.15) is 5.01 Å². The van der Waals surface area contributed by atoms with Crippen molar-refractivity contribution in [3.05, 3.63) is 58.9 Å². The van der Waals surface area contributed by atoms with E-state index in [4.69, 9.17) is 14.5 Å². The third-order valence-electron chi connectivity index (χ3n) is 5.14. The lowest BCUT2D eigenvalue weighted by molar-refractivity contribution is -0.125. The van der Waals surface area contributed by atoms with Crippen LogP contribution in [0.25, 0.3) is 10.6 Å². The third-order valence-corrected chi connectivity index (χ3v) is 6.31. The van der Waals surface area contributed by atoms with E-state index in [0.717, 1.165) is 52.6 Å². The van der Waals surface area contributed by atoms with Gasteiger partial charge in [-0.15, -0.1) is 11.3 Å². The Morgan fingerprint density at radius 3 is 2.93 bits per heavy atom. The van der Waals surface area contributed by atoms with Crippen molar-refractivity contribution in [3.63, 3.8) is 0 Å². The Bertz CT molecular complexity index is 1020. The molecule has 6 nitrogen and oxygen atoms in total. The van der Waals surface area contributed by atoms with Gasteiger partial charge in [0.25, 0.3) is 0 Å². The molecule has 3 aromatic rings. The van der Waals surface area contributed by atoms with Crippen LogP contribution in [0.4, 0.5) is 0 Å². The van der Waals surface area contributed by atoms with Gasteiger partial charge in [0.05, 0.1) is 5.69 Å². The number of aryl methyl sites for hydroxylation is 1. The van der Waals surface area contributed by atoms with Gasteiger partial charge in [0.2, 0.25) is 12.7 Å². The second-order valence-electron chi connectivity index (χ2n) is 6.97. The Balaban J connectivity index is 1.23. The zero-order valence-electron chi connectivity index (χ0n) is 15.2. The Hall–Kier alpha value is -2.93. The van der Waals surface area contributed by atoms with E-state index in [-0.39, 0.29) is 18.6 Å². The maximum atomic E-state index is 12.7. The fourth-order valence-electron chi connectivity index (χ4n) is 3.60. The van der Waals surface area contributed by atoms with E-state index in [1.807, 2.05) is 30.3 Å². The number of hydrogen-bond donors (Lipinski definition) is 1. The van der Waals surface area contributed by atoms with Gasteiger partial charge in [0.15, 0.2) is 11.5 Å². The van der Waals surface area contributed by atoms with Gasteiger partial charge in [0, 0.05) is 35.3 Å². The van der Waals surface area contributed by atoms with Crippen molar-refractivity contribution in [1.29, 1.82) is 0 Å². The van der Waals surface area contributed by atoms with Gasteiger partial charge < -0.3 is 14.8 Å². The normalized spacial score (nSPS) is 17.2. The molecule has 7 heteroatoms. The van der Waals surface area contributed by atoms with Crippen LogP contribution in [0.1, 0.15) is 22.6 Å². The quantitative estimate of drug-likeness (QED) is 0.736. The highest BCUT2D eigenvalue weighted by Crippen LogP contribution is 2.35. The number of aromatic nitrogens is 2. The predicted molar refractivity (Wildman–Crippen MR) is 105 cm³/mol. The van der Waals surface area contributed by atoms with E-state index in [1.54, 1.807) is 23.7 Å². The summed E-state index contributed by atoms with van der Waals surface area (Å²) in [6.45, 7) is 0.746. The van der Waals surface area contributed by atoms with Gasteiger partial charge in [-0.3, -0.25) is 9.78 Å². The minimum absolute atomic E-state index is 0.00718. The SMILES string of the molecule is O=C(NCc1ccc2c(c1)OCO2)C1CCc2nc(-c3ccncc3)sc2C1. The van der Waals surface area contributed by atoms with Gasteiger partial charge >= 0.3 is 0 Å². The maximum absolute atomic E-state index is 12.7. The fourth-order valence-corrected chi connectivity index (χ4v) is 4.79. The first-order valence-electron chi connectivity index (χ1n) is 9.31. The number of carbonyl (C=O) groups excluding carboxylic acids is 1. The van der Waals surface area contributed by atoms with Crippen LogP contribution >= 0.6 is 11.3 Å². The summed E-state index contributed by atoms with van der Waals surface area (Å²) in [6, 6.07) is 9.71. The van der Waals surface area contributed by atoms with Crippen molar-refractivity contribution in [1.82, 2.24) is 15.3 Å². The standard InChI is InChI=1S/C21H19N3O3S/c25-20(23-11-13-1-4-17-18(9-13)27-12-26-17)15-2-3-16-19(10-15)28-21(24-16)14-5-7-22-8-6-14/h1,4-9,15H,2-3,10-12H2,(H,23,25). The molecule has 142 valence electrons. The van der Waals surface area contributed by atoms with Crippen molar-refractivity contribution in [2.24, 2.45) is 5.92 Å². The Morgan fingerprint density at radius 1 is 1.18 bits per heavy atom. The van der Waals surface area contributed by atoms with Gasteiger partial charge in [-0.2, -0.15) is 0 Å². The summed E-state index contributed by atoms with van der Waals surface area (Å²) in [6.07, 6.45) is 5.99. The number of amides is 1. The monoisotopic (exact) mass is 393 g/mol. The zero-order chi connectivity index (χ0) is 18.9. The van der Waals surface area contributed by atoms with Gasteiger partial charge in [-0.05, 0) is 49.1 Å². The number of hydrogen-bond acceptors (Lipinski definition) is 6. The van der Waals surface area contributed by atoms with E-state index in [1.165, 1.54) is 4.88 Å². The van der Waals surface area contributed by atoms with Crippen LogP contribution in [0.3, 0.4) is 0 Å². The highest BCUT2D eigenvalue weighted by atomic mass is 32.1. The summed E-state index contributed by atoms with van der Waals surface area (Å²) < 4.78 is 10.7. The molecule has 1 aromatic carbocycles. The lowest BCUT2D eigenvalue weighted by Gasteiger charge is -2.20. The van der Waals surface area contributed by atoms with Gasteiger partial charge in [-0.1, -0.05) is 6.07 Å². The topological polar surface area (TPSA) is 73.3 Å². The van der Waals surface area contributed by atoms with Crippen LogP contribution in [0.2, 0.25) is 0 Å². The Labute approximate surface area is 166 Å². The number of ether oxygens (including phenoxy) is 2. The number of nitrogens with one attached hydrogen (secondary N) is 1. The second kappa shape index (κ2) is 7.24. The molecule has 0 radical (unpaired) electrons. The van der Waals surface area contributed by atoms with E-state index >= 15 is 0 Å². The van der Waals surface area contributed by atoms with Crippen LogP contribution < -0.4 is 14.8 Å². The summed E-state index contributed by atoms with van der Waals surface area (Å²) in [5, 5.41) is 4.08. The van der Waals surface area contributed by atoms with Crippen molar-refractivity contribution in [2.45, 2.75) is 25.8 Å². The minimum atomic E-state index is -0.00718. The number of carbonyl (C=O) groups is 1. The molecule has 5 rings (SSSR count). The largest absolute Gasteiger partial charge is 0.454 e. The summed E-state index contributed by atoms with van der Waals surface area (Å²) in [4.78, 5) is 22.8. The second-order valence-corrected chi connectivity index (χ2v) is 8.05. The first-order chi connectivity index (χ1) is 13.8. The van der Waals surface area contributed by atoms with Crippen molar-refractivity contribution in [2.75, 3.05) is 6.79 Å². The highest BCUT2D eigenvalue weighted by Gasteiger charge is 2.27. The molecular formula is C21H19N3O3S. The molecule has 0 spiro atoms. The molecule has 0 bridgehead atoms. The number of nitrogens with zero attached hydrogens (tertiary/aromatic N) is 2. The average Bonchev–Trinajstić information content (AvgIpc) is 3.38. The first kappa shape index (κ1) is 17.2. The van der Waals surface area contributed by atoms with Crippen LogP contribution in [0.5, 0.6) is 11.5 Å². The van der Waals surface area contributed by atoms with E-state index in [9.17, 15) is 4.79 Å². The molecule has 2 aliphatic rings. The molecule has 3 heterocycles. The van der Waals surface area contributed by atoms with Gasteiger partial charge in [-0.25, -0.2) is 4.98 Å². The molecule has 1 N–H and O–H groups in total. The van der Waals surface area contributed by atoms with Crippen LogP contribution in [-0.4, -0.2) is 22.7 Å². The van der Waals surface area contributed by atoms with E-state index in [2.05, 4.69) is 10.3 Å². The molecule has 0 fully saturated rings. The fraction of sp³-hybridized carbons (Fsp3) is 0.286. The summed E-state index contributed by atoms with van der Waals surface area (Å²) in [5.74, 6) is 1.59. The minimum Gasteiger partial charge on any atom is -0.454 e. The number of benzene rings is 1. The van der Waals surface area contributed by atoms with Crippen LogP contribution in [-0.2, 0) is 24.2 Å². The average molecular weight is 393 g/mol. The molecule has 1 aliphatic carbocycles. The highest BCUT2D eigenvalue weighted by molar-refractivity contribution is 7.15. The Morgan fingerprint density at radius 2 is 2.04 bits per heavy atom. The molecule has 0 saturated heterocycles. The molecule has 28 heavy (non-hydrogen) atoms.